The van der Waals surface area contributed by atoms with Crippen LogP contribution in [0.5, 0.6) is 0 Å². The summed E-state index contributed by atoms with van der Waals surface area (Å²) in [7, 11) is 0. The molecule has 2 N–H and O–H groups in total. The van der Waals surface area contributed by atoms with Crippen LogP contribution in [0.3, 0.4) is 0 Å². The Morgan fingerprint density at radius 2 is 1.91 bits per heavy atom. The van der Waals surface area contributed by atoms with E-state index in [2.05, 4.69) is 5.32 Å². The van der Waals surface area contributed by atoms with E-state index in [4.69, 9.17) is 9.52 Å². The number of rotatable bonds is 3. The Kier molecular flexibility index (Phi) is 4.16. The number of hydrogen-bond acceptors (Lipinski definition) is 4. The maximum atomic E-state index is 12.8. The van der Waals surface area contributed by atoms with Crippen LogP contribution in [0.25, 0.3) is 11.3 Å². The number of aryl methyl sites for hydroxylation is 1. The fourth-order valence-corrected chi connectivity index (χ4v) is 2.69. The van der Waals surface area contributed by atoms with Crippen LogP contribution >= 0.6 is 0 Å². The number of amides is 1. The third-order valence-corrected chi connectivity index (χ3v) is 3.89. The fraction of sp³-hybridized carbons (Fsp3) is 0.294. The van der Waals surface area contributed by atoms with Gasteiger partial charge in [-0.2, -0.15) is 0 Å². The Bertz CT molecular complexity index is 745. The Hall–Kier alpha value is -2.60. The third kappa shape index (κ3) is 3.12. The zero-order valence-corrected chi connectivity index (χ0v) is 12.8. The Morgan fingerprint density at radius 3 is 2.57 bits per heavy atom. The van der Waals surface area contributed by atoms with Gasteiger partial charge in [-0.25, -0.2) is 4.79 Å². The Balaban J connectivity index is 1.99. The molecule has 1 fully saturated rings. The van der Waals surface area contributed by atoms with E-state index in [9.17, 15) is 9.59 Å². The number of hydrogen-bond donors (Lipinski definition) is 2. The first-order chi connectivity index (χ1) is 11.1. The smallest absolute Gasteiger partial charge is 0.371 e. The van der Waals surface area contributed by atoms with Crippen molar-refractivity contribution >= 4 is 11.9 Å². The van der Waals surface area contributed by atoms with Crippen LogP contribution in [0.2, 0.25) is 0 Å². The SMILES string of the molecule is Cc1ccc(-c2ccc(C(=O)O)o2)c(C(=O)N2CCNCC2)c1. The summed E-state index contributed by atoms with van der Waals surface area (Å²) < 4.78 is 5.37. The first-order valence-electron chi connectivity index (χ1n) is 7.50. The van der Waals surface area contributed by atoms with Gasteiger partial charge in [0.1, 0.15) is 5.76 Å². The van der Waals surface area contributed by atoms with Gasteiger partial charge in [-0.3, -0.25) is 4.79 Å². The third-order valence-electron chi connectivity index (χ3n) is 3.89. The monoisotopic (exact) mass is 314 g/mol. The predicted molar refractivity (Wildman–Crippen MR) is 84.6 cm³/mol. The van der Waals surface area contributed by atoms with Crippen molar-refractivity contribution in [1.82, 2.24) is 10.2 Å². The molecule has 1 aliphatic heterocycles. The number of carboxylic acid groups (broad SMARTS) is 1. The molecule has 1 aromatic carbocycles. The lowest BCUT2D eigenvalue weighted by Gasteiger charge is -2.28. The number of nitrogens with zero attached hydrogens (tertiary/aromatic N) is 1. The highest BCUT2D eigenvalue weighted by Gasteiger charge is 2.23. The van der Waals surface area contributed by atoms with Crippen molar-refractivity contribution in [2.24, 2.45) is 0 Å². The summed E-state index contributed by atoms with van der Waals surface area (Å²) in [5, 5.41) is 12.2. The van der Waals surface area contributed by atoms with Crippen LogP contribution in [0.4, 0.5) is 0 Å². The van der Waals surface area contributed by atoms with E-state index < -0.39 is 5.97 Å². The fourth-order valence-electron chi connectivity index (χ4n) is 2.69. The zero-order chi connectivity index (χ0) is 16.4. The summed E-state index contributed by atoms with van der Waals surface area (Å²) in [5.74, 6) is -0.932. The van der Waals surface area contributed by atoms with Gasteiger partial charge in [-0.1, -0.05) is 17.7 Å². The van der Waals surface area contributed by atoms with Gasteiger partial charge in [-0.05, 0) is 25.1 Å². The average Bonchev–Trinajstić information content (AvgIpc) is 3.05. The van der Waals surface area contributed by atoms with E-state index in [-0.39, 0.29) is 11.7 Å². The second kappa shape index (κ2) is 6.26. The van der Waals surface area contributed by atoms with Gasteiger partial charge >= 0.3 is 5.97 Å². The number of benzene rings is 1. The number of carbonyl (C=O) groups is 2. The molecule has 1 aliphatic rings. The molecule has 0 atom stereocenters. The lowest BCUT2D eigenvalue weighted by molar-refractivity contribution is 0.0663. The van der Waals surface area contributed by atoms with Gasteiger partial charge in [0.15, 0.2) is 0 Å². The van der Waals surface area contributed by atoms with E-state index in [1.165, 1.54) is 6.07 Å². The van der Waals surface area contributed by atoms with Crippen LogP contribution in [0.15, 0.2) is 34.7 Å². The van der Waals surface area contributed by atoms with Crippen molar-refractivity contribution in [3.63, 3.8) is 0 Å². The Morgan fingerprint density at radius 1 is 1.17 bits per heavy atom. The molecule has 0 unspecified atom stereocenters. The molecule has 1 aromatic heterocycles. The van der Waals surface area contributed by atoms with Crippen molar-refractivity contribution < 1.29 is 19.1 Å². The number of nitrogens with one attached hydrogen (secondary N) is 1. The second-order valence-corrected chi connectivity index (χ2v) is 5.56. The van der Waals surface area contributed by atoms with Crippen molar-refractivity contribution in [3.05, 3.63) is 47.2 Å². The van der Waals surface area contributed by atoms with Gasteiger partial charge in [0.2, 0.25) is 5.76 Å². The van der Waals surface area contributed by atoms with Gasteiger partial charge in [-0.15, -0.1) is 0 Å². The largest absolute Gasteiger partial charge is 0.475 e. The molecule has 1 amide bonds. The number of furan rings is 1. The van der Waals surface area contributed by atoms with Crippen LogP contribution in [-0.4, -0.2) is 48.1 Å². The number of carbonyl (C=O) groups excluding carboxylic acids is 1. The molecule has 1 saturated heterocycles. The number of carboxylic acids is 1. The number of aromatic carboxylic acids is 1. The molecule has 0 saturated carbocycles. The topological polar surface area (TPSA) is 82.8 Å². The quantitative estimate of drug-likeness (QED) is 0.905. The molecular formula is C17H18N2O4. The molecule has 120 valence electrons. The van der Waals surface area contributed by atoms with E-state index in [1.54, 1.807) is 17.0 Å². The van der Waals surface area contributed by atoms with E-state index in [0.717, 1.165) is 18.7 Å². The molecule has 23 heavy (non-hydrogen) atoms. The maximum Gasteiger partial charge on any atom is 0.371 e. The minimum atomic E-state index is -1.13. The maximum absolute atomic E-state index is 12.8. The normalized spacial score (nSPS) is 14.7. The first kappa shape index (κ1) is 15.3. The molecule has 6 heteroatoms. The summed E-state index contributed by atoms with van der Waals surface area (Å²) in [4.78, 5) is 25.6. The molecule has 0 spiro atoms. The molecule has 0 radical (unpaired) electrons. The highest BCUT2D eigenvalue weighted by Crippen LogP contribution is 2.28. The number of piperazine rings is 1. The van der Waals surface area contributed by atoms with E-state index >= 15 is 0 Å². The molecular weight excluding hydrogens is 296 g/mol. The predicted octanol–water partition coefficient (Wildman–Crippen LogP) is 2.00. The summed E-state index contributed by atoms with van der Waals surface area (Å²) in [6, 6.07) is 8.49. The van der Waals surface area contributed by atoms with Gasteiger partial charge in [0.25, 0.3) is 5.91 Å². The summed E-state index contributed by atoms with van der Waals surface area (Å²) in [6.45, 7) is 4.78. The molecule has 2 heterocycles. The summed E-state index contributed by atoms with van der Waals surface area (Å²) in [6.07, 6.45) is 0. The van der Waals surface area contributed by atoms with Crippen LogP contribution < -0.4 is 5.32 Å². The van der Waals surface area contributed by atoms with Crippen molar-refractivity contribution in [1.29, 1.82) is 0 Å². The van der Waals surface area contributed by atoms with Gasteiger partial charge in [0.05, 0.1) is 5.56 Å². The average molecular weight is 314 g/mol. The minimum Gasteiger partial charge on any atom is -0.475 e. The summed E-state index contributed by atoms with van der Waals surface area (Å²) >= 11 is 0. The van der Waals surface area contributed by atoms with Crippen molar-refractivity contribution in [2.45, 2.75) is 6.92 Å². The highest BCUT2D eigenvalue weighted by molar-refractivity contribution is 6.00. The van der Waals surface area contributed by atoms with Gasteiger partial charge < -0.3 is 19.7 Å². The molecule has 6 nitrogen and oxygen atoms in total. The molecule has 0 bridgehead atoms. The lowest BCUT2D eigenvalue weighted by atomic mass is 10.0. The highest BCUT2D eigenvalue weighted by atomic mass is 16.4. The Labute approximate surface area is 133 Å². The molecule has 0 aliphatic carbocycles. The molecule has 2 aromatic rings. The van der Waals surface area contributed by atoms with E-state index in [1.807, 2.05) is 19.1 Å². The first-order valence-corrected chi connectivity index (χ1v) is 7.50. The lowest BCUT2D eigenvalue weighted by Crippen LogP contribution is -2.46. The van der Waals surface area contributed by atoms with Crippen molar-refractivity contribution in [2.75, 3.05) is 26.2 Å². The van der Waals surface area contributed by atoms with Crippen LogP contribution in [0.1, 0.15) is 26.5 Å². The molecule has 3 rings (SSSR count). The van der Waals surface area contributed by atoms with Crippen molar-refractivity contribution in [3.8, 4) is 11.3 Å². The van der Waals surface area contributed by atoms with Crippen LogP contribution in [0, 0.1) is 6.92 Å². The van der Waals surface area contributed by atoms with Crippen LogP contribution in [-0.2, 0) is 0 Å². The van der Waals surface area contributed by atoms with E-state index in [0.29, 0.717) is 30.0 Å². The second-order valence-electron chi connectivity index (χ2n) is 5.56. The zero-order valence-electron chi connectivity index (χ0n) is 12.8. The minimum absolute atomic E-state index is 0.0570. The van der Waals surface area contributed by atoms with Gasteiger partial charge in [0, 0.05) is 31.7 Å². The standard InChI is InChI=1S/C17H18N2O4/c1-11-2-3-12(14-4-5-15(23-14)17(21)22)13(10-11)16(20)19-8-6-18-7-9-19/h2-5,10,18H,6-9H2,1H3,(H,21,22). The summed E-state index contributed by atoms with van der Waals surface area (Å²) in [5.41, 5.74) is 2.13.